The third kappa shape index (κ3) is 3.80. The summed E-state index contributed by atoms with van der Waals surface area (Å²) in [5.41, 5.74) is 0.456. The largest absolute Gasteiger partial charge is 0.481 e. The number of amides is 1. The van der Waals surface area contributed by atoms with Crippen molar-refractivity contribution in [2.24, 2.45) is 5.92 Å². The van der Waals surface area contributed by atoms with Crippen LogP contribution in [0.2, 0.25) is 0 Å². The van der Waals surface area contributed by atoms with E-state index >= 15 is 0 Å². The van der Waals surface area contributed by atoms with E-state index in [1.807, 2.05) is 6.92 Å². The zero-order valence-electron chi connectivity index (χ0n) is 10.3. The lowest BCUT2D eigenvalue weighted by atomic mass is 10.1. The van der Waals surface area contributed by atoms with Crippen LogP contribution in [0.15, 0.2) is 22.9 Å². The van der Waals surface area contributed by atoms with Crippen molar-refractivity contribution in [3.8, 4) is 0 Å². The molecule has 1 aromatic heterocycles. The summed E-state index contributed by atoms with van der Waals surface area (Å²) in [4.78, 5) is 28.4. The third-order valence-corrected chi connectivity index (χ3v) is 3.03. The highest BCUT2D eigenvalue weighted by Gasteiger charge is 2.20. The lowest BCUT2D eigenvalue weighted by Crippen LogP contribution is -2.36. The van der Waals surface area contributed by atoms with Crippen molar-refractivity contribution in [2.75, 3.05) is 13.1 Å². The Morgan fingerprint density at radius 3 is 2.61 bits per heavy atom. The van der Waals surface area contributed by atoms with Gasteiger partial charge in [0.25, 0.3) is 5.91 Å². The van der Waals surface area contributed by atoms with Crippen molar-refractivity contribution in [2.45, 2.75) is 13.8 Å². The number of carbonyl (C=O) groups excluding carboxylic acids is 1. The van der Waals surface area contributed by atoms with Crippen molar-refractivity contribution >= 4 is 27.8 Å². The van der Waals surface area contributed by atoms with Gasteiger partial charge in [0.05, 0.1) is 11.5 Å². The highest BCUT2D eigenvalue weighted by Crippen LogP contribution is 2.10. The molecule has 0 saturated carbocycles. The third-order valence-electron chi connectivity index (χ3n) is 2.56. The summed E-state index contributed by atoms with van der Waals surface area (Å²) < 4.78 is 0.654. The molecule has 0 aliphatic rings. The van der Waals surface area contributed by atoms with E-state index in [0.29, 0.717) is 16.7 Å². The Morgan fingerprint density at radius 2 is 2.17 bits per heavy atom. The molecule has 0 aromatic carbocycles. The number of rotatable bonds is 5. The van der Waals surface area contributed by atoms with Gasteiger partial charge in [-0.25, -0.2) is 4.98 Å². The number of carbonyl (C=O) groups is 2. The Bertz CT molecular complexity index is 433. The molecule has 0 aliphatic heterocycles. The minimum Gasteiger partial charge on any atom is -0.481 e. The second-order valence-electron chi connectivity index (χ2n) is 3.95. The Morgan fingerprint density at radius 1 is 1.50 bits per heavy atom. The van der Waals surface area contributed by atoms with Gasteiger partial charge in [-0.1, -0.05) is 6.92 Å². The highest BCUT2D eigenvalue weighted by molar-refractivity contribution is 9.10. The molecular weight excluding hydrogens is 300 g/mol. The molecule has 98 valence electrons. The number of hydrogen-bond donors (Lipinski definition) is 1. The normalized spacial score (nSPS) is 11.9. The maximum atomic E-state index is 12.1. The molecule has 1 amide bonds. The van der Waals surface area contributed by atoms with Gasteiger partial charge in [0.15, 0.2) is 0 Å². The molecule has 5 nitrogen and oxygen atoms in total. The van der Waals surface area contributed by atoms with Crippen LogP contribution < -0.4 is 0 Å². The zero-order chi connectivity index (χ0) is 13.7. The molecule has 0 radical (unpaired) electrons. The highest BCUT2D eigenvalue weighted by atomic mass is 79.9. The monoisotopic (exact) mass is 314 g/mol. The maximum Gasteiger partial charge on any atom is 0.308 e. The molecule has 1 heterocycles. The van der Waals surface area contributed by atoms with E-state index in [-0.39, 0.29) is 12.5 Å². The standard InChI is InChI=1S/C12H15BrN2O3/c1-3-15(7-8(2)12(17)18)11(16)9-4-5-10(13)14-6-9/h4-6,8H,3,7H2,1-2H3,(H,17,18). The first-order valence-electron chi connectivity index (χ1n) is 5.59. The Hall–Kier alpha value is -1.43. The average Bonchev–Trinajstić information content (AvgIpc) is 2.35. The fraction of sp³-hybridized carbons (Fsp3) is 0.417. The number of aromatic nitrogens is 1. The average molecular weight is 315 g/mol. The Labute approximate surface area is 114 Å². The van der Waals surface area contributed by atoms with Crippen molar-refractivity contribution < 1.29 is 14.7 Å². The molecule has 1 unspecified atom stereocenters. The summed E-state index contributed by atoms with van der Waals surface area (Å²) in [6.45, 7) is 4.06. The minimum absolute atomic E-state index is 0.195. The van der Waals surface area contributed by atoms with Crippen LogP contribution >= 0.6 is 15.9 Å². The van der Waals surface area contributed by atoms with Gasteiger partial charge in [-0.3, -0.25) is 9.59 Å². The Kier molecular flexibility index (Phi) is 5.27. The number of aliphatic carboxylic acids is 1. The molecule has 1 rings (SSSR count). The van der Waals surface area contributed by atoms with Crippen molar-refractivity contribution in [1.82, 2.24) is 9.88 Å². The van der Waals surface area contributed by atoms with E-state index in [2.05, 4.69) is 20.9 Å². The van der Waals surface area contributed by atoms with Crippen LogP contribution in [0.5, 0.6) is 0 Å². The second-order valence-corrected chi connectivity index (χ2v) is 4.77. The molecule has 0 spiro atoms. The summed E-state index contributed by atoms with van der Waals surface area (Å²) in [7, 11) is 0. The van der Waals surface area contributed by atoms with Gasteiger partial charge in [-0.15, -0.1) is 0 Å². The summed E-state index contributed by atoms with van der Waals surface area (Å²) in [5.74, 6) is -1.70. The van der Waals surface area contributed by atoms with E-state index in [1.54, 1.807) is 19.1 Å². The van der Waals surface area contributed by atoms with Crippen LogP contribution in [0, 0.1) is 5.92 Å². The molecule has 1 N–H and O–H groups in total. The second kappa shape index (κ2) is 6.49. The van der Waals surface area contributed by atoms with E-state index in [1.165, 1.54) is 11.1 Å². The summed E-state index contributed by atoms with van der Waals surface area (Å²) in [6.07, 6.45) is 1.47. The molecular formula is C12H15BrN2O3. The predicted octanol–water partition coefficient (Wildman–Crippen LogP) is 2.03. The summed E-state index contributed by atoms with van der Waals surface area (Å²) in [6, 6.07) is 3.34. The van der Waals surface area contributed by atoms with Gasteiger partial charge in [0.2, 0.25) is 0 Å². The topological polar surface area (TPSA) is 70.5 Å². The van der Waals surface area contributed by atoms with Gasteiger partial charge in [0, 0.05) is 19.3 Å². The SMILES string of the molecule is CCN(CC(C)C(=O)O)C(=O)c1ccc(Br)nc1. The molecule has 1 atom stereocenters. The van der Waals surface area contributed by atoms with E-state index < -0.39 is 11.9 Å². The molecule has 0 bridgehead atoms. The van der Waals surface area contributed by atoms with Crippen LogP contribution in [-0.4, -0.2) is 40.0 Å². The van der Waals surface area contributed by atoms with Gasteiger partial charge >= 0.3 is 5.97 Å². The predicted molar refractivity (Wildman–Crippen MR) is 70.3 cm³/mol. The first-order chi connectivity index (χ1) is 8.45. The quantitative estimate of drug-likeness (QED) is 0.844. The maximum absolute atomic E-state index is 12.1. The van der Waals surface area contributed by atoms with Crippen LogP contribution in [0.1, 0.15) is 24.2 Å². The van der Waals surface area contributed by atoms with Crippen LogP contribution in [0.4, 0.5) is 0 Å². The zero-order valence-corrected chi connectivity index (χ0v) is 11.8. The van der Waals surface area contributed by atoms with E-state index in [0.717, 1.165) is 0 Å². The number of pyridine rings is 1. The number of carboxylic acid groups (broad SMARTS) is 1. The lowest BCUT2D eigenvalue weighted by molar-refractivity contribution is -0.141. The molecule has 0 aliphatic carbocycles. The van der Waals surface area contributed by atoms with Gasteiger partial charge in [-0.2, -0.15) is 0 Å². The van der Waals surface area contributed by atoms with Crippen molar-refractivity contribution in [1.29, 1.82) is 0 Å². The molecule has 0 fully saturated rings. The molecule has 1 aromatic rings. The summed E-state index contributed by atoms with van der Waals surface area (Å²) >= 11 is 3.19. The fourth-order valence-electron chi connectivity index (χ4n) is 1.45. The number of nitrogens with zero attached hydrogens (tertiary/aromatic N) is 2. The molecule has 6 heteroatoms. The van der Waals surface area contributed by atoms with Crippen LogP contribution in [-0.2, 0) is 4.79 Å². The number of halogens is 1. The van der Waals surface area contributed by atoms with Gasteiger partial charge in [-0.05, 0) is 35.0 Å². The fourth-order valence-corrected chi connectivity index (χ4v) is 1.68. The molecule has 18 heavy (non-hydrogen) atoms. The molecule has 0 saturated heterocycles. The van der Waals surface area contributed by atoms with E-state index in [4.69, 9.17) is 5.11 Å². The minimum atomic E-state index is -0.907. The lowest BCUT2D eigenvalue weighted by Gasteiger charge is -2.22. The Balaban J connectivity index is 2.79. The first-order valence-corrected chi connectivity index (χ1v) is 6.38. The van der Waals surface area contributed by atoms with Crippen molar-refractivity contribution in [3.63, 3.8) is 0 Å². The van der Waals surface area contributed by atoms with Gasteiger partial charge in [0.1, 0.15) is 4.60 Å². The van der Waals surface area contributed by atoms with Crippen molar-refractivity contribution in [3.05, 3.63) is 28.5 Å². The van der Waals surface area contributed by atoms with E-state index in [9.17, 15) is 9.59 Å². The van der Waals surface area contributed by atoms with Crippen LogP contribution in [0.25, 0.3) is 0 Å². The first kappa shape index (κ1) is 14.6. The number of carboxylic acids is 1. The van der Waals surface area contributed by atoms with Gasteiger partial charge < -0.3 is 10.0 Å². The van der Waals surface area contributed by atoms with Crippen LogP contribution in [0.3, 0.4) is 0 Å². The number of hydrogen-bond acceptors (Lipinski definition) is 3. The summed E-state index contributed by atoms with van der Waals surface area (Å²) in [5, 5.41) is 8.86. The smallest absolute Gasteiger partial charge is 0.308 e.